The second kappa shape index (κ2) is 9.74. The quantitative estimate of drug-likeness (QED) is 0.564. The van der Waals surface area contributed by atoms with Gasteiger partial charge in [0.2, 0.25) is 5.88 Å². The van der Waals surface area contributed by atoms with Gasteiger partial charge in [0, 0.05) is 30.9 Å². The third-order valence-electron chi connectivity index (χ3n) is 5.84. The Bertz CT molecular complexity index is 1140. The molecule has 0 atom stereocenters. The molecule has 0 saturated heterocycles. The Morgan fingerprint density at radius 2 is 1.88 bits per heavy atom. The van der Waals surface area contributed by atoms with Crippen LogP contribution in [0.1, 0.15) is 41.7 Å². The average Bonchev–Trinajstić information content (AvgIpc) is 3.22. The second-order valence-corrected chi connectivity index (χ2v) is 8.22. The van der Waals surface area contributed by atoms with Gasteiger partial charge in [0.15, 0.2) is 0 Å². The van der Waals surface area contributed by atoms with E-state index >= 15 is 0 Å². The van der Waals surface area contributed by atoms with Crippen molar-refractivity contribution in [3.05, 3.63) is 59.9 Å². The maximum atomic E-state index is 12.9. The van der Waals surface area contributed by atoms with E-state index in [1.807, 2.05) is 24.3 Å². The molecule has 1 saturated carbocycles. The van der Waals surface area contributed by atoms with E-state index in [9.17, 15) is 18.0 Å². The van der Waals surface area contributed by atoms with Gasteiger partial charge in [-0.2, -0.15) is 18.3 Å². The van der Waals surface area contributed by atoms with E-state index in [0.29, 0.717) is 42.8 Å². The molecular formula is C24H25F3N4O3. The smallest absolute Gasteiger partial charge is 0.417 e. The molecule has 1 aliphatic rings. The van der Waals surface area contributed by atoms with Crippen molar-refractivity contribution in [2.45, 2.75) is 44.0 Å². The third-order valence-corrected chi connectivity index (χ3v) is 5.84. The number of rotatable bonds is 6. The molecule has 180 valence electrons. The zero-order valence-electron chi connectivity index (χ0n) is 18.8. The fourth-order valence-electron chi connectivity index (χ4n) is 3.98. The molecule has 1 fully saturated rings. The fourth-order valence-corrected chi connectivity index (χ4v) is 3.98. The molecule has 1 amide bonds. The summed E-state index contributed by atoms with van der Waals surface area (Å²) in [5.41, 5.74) is 1.16. The van der Waals surface area contributed by atoms with Crippen molar-refractivity contribution in [1.29, 1.82) is 0 Å². The summed E-state index contributed by atoms with van der Waals surface area (Å²) in [5.74, 6) is 0.665. The Kier molecular flexibility index (Phi) is 6.76. The summed E-state index contributed by atoms with van der Waals surface area (Å²) in [6.07, 6.45) is -1.11. The number of ether oxygens (including phenoxy) is 2. The van der Waals surface area contributed by atoms with Crippen molar-refractivity contribution >= 4 is 5.91 Å². The number of pyridine rings is 1. The normalized spacial score (nSPS) is 18.4. The summed E-state index contributed by atoms with van der Waals surface area (Å²) in [7, 11) is 3.32. The first-order valence-corrected chi connectivity index (χ1v) is 10.9. The minimum atomic E-state index is -4.43. The van der Waals surface area contributed by atoms with E-state index in [-0.39, 0.29) is 23.9 Å². The van der Waals surface area contributed by atoms with Gasteiger partial charge in [-0.05, 0) is 49.9 Å². The lowest BCUT2D eigenvalue weighted by Crippen LogP contribution is -2.40. The molecule has 3 aromatic rings. The Morgan fingerprint density at radius 1 is 1.12 bits per heavy atom. The number of aromatic nitrogens is 3. The highest BCUT2D eigenvalue weighted by molar-refractivity contribution is 5.94. The van der Waals surface area contributed by atoms with Crippen LogP contribution in [0.15, 0.2) is 48.7 Å². The number of methoxy groups -OCH3 is 1. The van der Waals surface area contributed by atoms with Gasteiger partial charge in [-0.3, -0.25) is 9.48 Å². The Balaban J connectivity index is 1.31. The van der Waals surface area contributed by atoms with E-state index in [1.54, 1.807) is 24.9 Å². The molecule has 4 rings (SSSR count). The molecule has 10 heteroatoms. The van der Waals surface area contributed by atoms with Crippen molar-refractivity contribution in [2.24, 2.45) is 7.05 Å². The predicted octanol–water partition coefficient (Wildman–Crippen LogP) is 4.63. The predicted molar refractivity (Wildman–Crippen MR) is 119 cm³/mol. The van der Waals surface area contributed by atoms with E-state index in [2.05, 4.69) is 15.4 Å². The highest BCUT2D eigenvalue weighted by atomic mass is 19.4. The summed E-state index contributed by atoms with van der Waals surface area (Å²) in [5, 5.41) is 7.50. The summed E-state index contributed by atoms with van der Waals surface area (Å²) < 4.78 is 50.5. The van der Waals surface area contributed by atoms with Crippen molar-refractivity contribution in [3.63, 3.8) is 0 Å². The zero-order chi connectivity index (χ0) is 24.3. The standard InChI is InChI=1S/C24H25F3N4O3/c1-31-21(13-20(30-31)15-4-3-5-19(12-15)33-2)23(32)29-17-7-9-18(10-8-17)34-22-11-6-16(14-28-22)24(25,26)27/h3-6,11-14,17-18H,7-10H2,1-2H3,(H,29,32). The van der Waals surface area contributed by atoms with Crippen molar-refractivity contribution in [1.82, 2.24) is 20.1 Å². The number of benzene rings is 1. The summed E-state index contributed by atoms with van der Waals surface area (Å²) in [6, 6.07) is 11.4. The monoisotopic (exact) mass is 474 g/mol. The van der Waals surface area contributed by atoms with Crippen LogP contribution < -0.4 is 14.8 Å². The van der Waals surface area contributed by atoms with E-state index in [4.69, 9.17) is 9.47 Å². The number of hydrogen-bond acceptors (Lipinski definition) is 5. The Hall–Kier alpha value is -3.56. The van der Waals surface area contributed by atoms with Crippen LogP contribution in [-0.2, 0) is 13.2 Å². The molecule has 1 N–H and O–H groups in total. The van der Waals surface area contributed by atoms with Gasteiger partial charge in [-0.15, -0.1) is 0 Å². The average molecular weight is 474 g/mol. The topological polar surface area (TPSA) is 78.3 Å². The Labute approximate surface area is 194 Å². The lowest BCUT2D eigenvalue weighted by Gasteiger charge is -2.29. The molecule has 0 bridgehead atoms. The van der Waals surface area contributed by atoms with Crippen molar-refractivity contribution < 1.29 is 27.4 Å². The van der Waals surface area contributed by atoms with Crippen molar-refractivity contribution in [2.75, 3.05) is 7.11 Å². The van der Waals surface area contributed by atoms with Crippen molar-refractivity contribution in [3.8, 4) is 22.9 Å². The number of amides is 1. The highest BCUT2D eigenvalue weighted by Gasteiger charge is 2.31. The summed E-state index contributed by atoms with van der Waals surface area (Å²) in [4.78, 5) is 16.6. The van der Waals surface area contributed by atoms with Crippen LogP contribution >= 0.6 is 0 Å². The molecule has 0 unspecified atom stereocenters. The first-order chi connectivity index (χ1) is 16.2. The molecule has 7 nitrogen and oxygen atoms in total. The van der Waals surface area contributed by atoms with Gasteiger partial charge in [-0.25, -0.2) is 4.98 Å². The number of aryl methyl sites for hydroxylation is 1. The number of hydrogen-bond donors (Lipinski definition) is 1. The minimum Gasteiger partial charge on any atom is -0.497 e. The molecule has 34 heavy (non-hydrogen) atoms. The lowest BCUT2D eigenvalue weighted by molar-refractivity contribution is -0.137. The maximum Gasteiger partial charge on any atom is 0.417 e. The number of nitrogens with one attached hydrogen (secondary N) is 1. The van der Waals surface area contributed by atoms with Gasteiger partial charge < -0.3 is 14.8 Å². The Morgan fingerprint density at radius 3 is 2.53 bits per heavy atom. The van der Waals surface area contributed by atoms with E-state index < -0.39 is 11.7 Å². The molecule has 2 heterocycles. The number of alkyl halides is 3. The molecular weight excluding hydrogens is 449 g/mol. The molecule has 0 radical (unpaired) electrons. The van der Waals surface area contributed by atoms with Crippen LogP contribution in [0.4, 0.5) is 13.2 Å². The molecule has 0 spiro atoms. The largest absolute Gasteiger partial charge is 0.497 e. The number of nitrogens with zero attached hydrogens (tertiary/aromatic N) is 3. The minimum absolute atomic E-state index is 0.0249. The van der Waals surface area contributed by atoms with E-state index in [0.717, 1.165) is 17.8 Å². The first kappa shape index (κ1) is 23.6. The second-order valence-electron chi connectivity index (χ2n) is 8.22. The van der Waals surface area contributed by atoms with Crippen LogP contribution in [0, 0.1) is 0 Å². The van der Waals surface area contributed by atoms with E-state index in [1.165, 1.54) is 6.07 Å². The van der Waals surface area contributed by atoms with Gasteiger partial charge in [-0.1, -0.05) is 12.1 Å². The third kappa shape index (κ3) is 5.49. The highest BCUT2D eigenvalue weighted by Crippen LogP contribution is 2.30. The summed E-state index contributed by atoms with van der Waals surface area (Å²) in [6.45, 7) is 0. The van der Waals surface area contributed by atoms with Gasteiger partial charge in [0.05, 0.1) is 18.4 Å². The summed E-state index contributed by atoms with van der Waals surface area (Å²) >= 11 is 0. The van der Waals surface area contributed by atoms with Gasteiger partial charge in [0.1, 0.15) is 17.5 Å². The van der Waals surface area contributed by atoms with Crippen LogP contribution in [0.25, 0.3) is 11.3 Å². The molecule has 0 aliphatic heterocycles. The first-order valence-electron chi connectivity index (χ1n) is 10.9. The number of halogens is 3. The molecule has 2 aromatic heterocycles. The molecule has 1 aliphatic carbocycles. The van der Waals surface area contributed by atoms with Crippen LogP contribution in [-0.4, -0.2) is 39.9 Å². The number of carbonyl (C=O) groups excluding carboxylic acids is 1. The van der Waals surface area contributed by atoms with Crippen LogP contribution in [0.5, 0.6) is 11.6 Å². The zero-order valence-corrected chi connectivity index (χ0v) is 18.8. The van der Waals surface area contributed by atoms with Gasteiger partial charge in [0.25, 0.3) is 5.91 Å². The maximum absolute atomic E-state index is 12.9. The van der Waals surface area contributed by atoms with Gasteiger partial charge >= 0.3 is 6.18 Å². The lowest BCUT2D eigenvalue weighted by atomic mass is 9.93. The van der Waals surface area contributed by atoms with Crippen LogP contribution in [0.2, 0.25) is 0 Å². The molecule has 1 aromatic carbocycles. The SMILES string of the molecule is COc1cccc(-c2cc(C(=O)NC3CCC(Oc4ccc(C(F)(F)F)cn4)CC3)n(C)n2)c1. The number of carbonyl (C=O) groups is 1. The fraction of sp³-hybridized carbons (Fsp3) is 0.375. The van der Waals surface area contributed by atoms with Crippen LogP contribution in [0.3, 0.4) is 0 Å².